The van der Waals surface area contributed by atoms with Crippen molar-refractivity contribution in [2.75, 3.05) is 6.61 Å². The predicted molar refractivity (Wildman–Crippen MR) is 72.2 cm³/mol. The van der Waals surface area contributed by atoms with Gasteiger partial charge in [-0.15, -0.1) is 0 Å². The summed E-state index contributed by atoms with van der Waals surface area (Å²) in [5.74, 6) is 4.75. The van der Waals surface area contributed by atoms with Crippen molar-refractivity contribution in [1.82, 2.24) is 5.32 Å². The summed E-state index contributed by atoms with van der Waals surface area (Å²) in [5, 5.41) is 13.4. The zero-order valence-electron chi connectivity index (χ0n) is 11.4. The van der Waals surface area contributed by atoms with E-state index in [1.165, 1.54) is 51.4 Å². The molecule has 18 heavy (non-hydrogen) atoms. The molecule has 2 heteroatoms. The van der Waals surface area contributed by atoms with E-state index in [4.69, 9.17) is 0 Å². The highest BCUT2D eigenvalue weighted by molar-refractivity contribution is 5.06. The highest BCUT2D eigenvalue weighted by Crippen LogP contribution is 2.58. The van der Waals surface area contributed by atoms with Crippen molar-refractivity contribution in [1.29, 1.82) is 0 Å². The second-order valence-electron chi connectivity index (χ2n) is 7.41. The van der Waals surface area contributed by atoms with Gasteiger partial charge in [-0.25, -0.2) is 0 Å². The van der Waals surface area contributed by atoms with Gasteiger partial charge >= 0.3 is 0 Å². The van der Waals surface area contributed by atoms with Gasteiger partial charge in [0.05, 0.1) is 0 Å². The number of hydrogen-bond donors (Lipinski definition) is 2. The summed E-state index contributed by atoms with van der Waals surface area (Å²) in [7, 11) is 0. The molecule has 7 unspecified atom stereocenters. The van der Waals surface area contributed by atoms with Crippen LogP contribution in [0.1, 0.15) is 51.4 Å². The number of hydrogen-bond acceptors (Lipinski definition) is 2. The van der Waals surface area contributed by atoms with Gasteiger partial charge in [0, 0.05) is 18.7 Å². The van der Waals surface area contributed by atoms with Crippen LogP contribution in [0.5, 0.6) is 0 Å². The molecule has 0 spiro atoms. The van der Waals surface area contributed by atoms with Crippen LogP contribution >= 0.6 is 0 Å². The molecule has 0 saturated heterocycles. The van der Waals surface area contributed by atoms with Crippen LogP contribution in [0.2, 0.25) is 0 Å². The van der Waals surface area contributed by atoms with Crippen LogP contribution in [0, 0.1) is 29.6 Å². The number of aliphatic hydroxyl groups excluding tert-OH is 1. The standard InChI is InChI=1S/C16H27NO/c18-9-10-3-1-6-15(10)17-16-8-11-7-14(16)13-5-2-4-12(11)13/h10-18H,1-9H2. The Hall–Kier alpha value is -0.0800. The van der Waals surface area contributed by atoms with E-state index in [1.807, 2.05) is 0 Å². The number of aliphatic hydroxyl groups is 1. The van der Waals surface area contributed by atoms with Crippen molar-refractivity contribution in [3.63, 3.8) is 0 Å². The Morgan fingerprint density at radius 2 is 1.67 bits per heavy atom. The van der Waals surface area contributed by atoms with Gasteiger partial charge < -0.3 is 10.4 Å². The maximum atomic E-state index is 9.45. The molecule has 0 aliphatic heterocycles. The molecule has 4 aliphatic carbocycles. The van der Waals surface area contributed by atoms with E-state index in [-0.39, 0.29) is 0 Å². The lowest BCUT2D eigenvalue weighted by molar-refractivity contribution is 0.163. The first-order valence-electron chi connectivity index (χ1n) is 8.23. The largest absolute Gasteiger partial charge is 0.396 e. The second-order valence-corrected chi connectivity index (χ2v) is 7.41. The minimum Gasteiger partial charge on any atom is -0.396 e. The van der Waals surface area contributed by atoms with Crippen LogP contribution in [0.4, 0.5) is 0 Å². The summed E-state index contributed by atoms with van der Waals surface area (Å²) in [6.07, 6.45) is 11.4. The molecule has 102 valence electrons. The van der Waals surface area contributed by atoms with Crippen molar-refractivity contribution < 1.29 is 5.11 Å². The van der Waals surface area contributed by atoms with Crippen molar-refractivity contribution in [2.45, 2.75) is 63.5 Å². The van der Waals surface area contributed by atoms with E-state index in [2.05, 4.69) is 5.32 Å². The fraction of sp³-hybridized carbons (Fsp3) is 1.00. The lowest BCUT2D eigenvalue weighted by Crippen LogP contribution is -2.46. The molecule has 0 amide bonds. The molecule has 4 saturated carbocycles. The average Bonchev–Trinajstić information content (AvgIpc) is 3.10. The molecule has 0 aromatic rings. The molecular weight excluding hydrogens is 222 g/mol. The lowest BCUT2D eigenvalue weighted by Gasteiger charge is -2.35. The zero-order chi connectivity index (χ0) is 12.1. The lowest BCUT2D eigenvalue weighted by atomic mass is 9.78. The van der Waals surface area contributed by atoms with Crippen LogP contribution in [0.15, 0.2) is 0 Å². The summed E-state index contributed by atoms with van der Waals surface area (Å²) in [5.41, 5.74) is 0. The molecule has 7 atom stereocenters. The Morgan fingerprint density at radius 3 is 2.56 bits per heavy atom. The fourth-order valence-corrected chi connectivity index (χ4v) is 6.01. The topological polar surface area (TPSA) is 32.3 Å². The minimum absolute atomic E-state index is 0.393. The van der Waals surface area contributed by atoms with Crippen molar-refractivity contribution in [3.8, 4) is 0 Å². The van der Waals surface area contributed by atoms with Crippen LogP contribution in [-0.2, 0) is 0 Å². The quantitative estimate of drug-likeness (QED) is 0.805. The first-order valence-corrected chi connectivity index (χ1v) is 8.23. The van der Waals surface area contributed by atoms with Gasteiger partial charge in [-0.05, 0) is 68.1 Å². The van der Waals surface area contributed by atoms with Gasteiger partial charge in [-0.2, -0.15) is 0 Å². The normalized spacial score (nSPS) is 54.2. The van der Waals surface area contributed by atoms with E-state index in [9.17, 15) is 5.11 Å². The summed E-state index contributed by atoms with van der Waals surface area (Å²) in [4.78, 5) is 0. The molecule has 2 N–H and O–H groups in total. The third kappa shape index (κ3) is 1.68. The third-order valence-electron chi connectivity index (χ3n) is 6.75. The monoisotopic (exact) mass is 249 g/mol. The number of nitrogens with one attached hydrogen (secondary N) is 1. The molecule has 0 radical (unpaired) electrons. The van der Waals surface area contributed by atoms with Crippen LogP contribution < -0.4 is 5.32 Å². The number of rotatable bonds is 3. The first kappa shape index (κ1) is 11.7. The highest BCUT2D eigenvalue weighted by atomic mass is 16.3. The SMILES string of the molecule is OCC1CCCC1NC1CC2CC1C1CCCC21. The molecule has 4 rings (SSSR count). The Bertz CT molecular complexity index is 318. The summed E-state index contributed by atoms with van der Waals surface area (Å²) in [6.45, 7) is 0.393. The third-order valence-corrected chi connectivity index (χ3v) is 6.75. The Kier molecular flexibility index (Phi) is 2.92. The molecular formula is C16H27NO. The van der Waals surface area contributed by atoms with E-state index in [1.54, 1.807) is 0 Å². The molecule has 0 aromatic heterocycles. The minimum atomic E-state index is 0.393. The average molecular weight is 249 g/mol. The fourth-order valence-electron chi connectivity index (χ4n) is 6.01. The van der Waals surface area contributed by atoms with Gasteiger partial charge in [0.15, 0.2) is 0 Å². The van der Waals surface area contributed by atoms with Crippen molar-refractivity contribution >= 4 is 0 Å². The van der Waals surface area contributed by atoms with Gasteiger partial charge in [-0.1, -0.05) is 12.8 Å². The predicted octanol–water partition coefficient (Wildman–Crippen LogP) is 2.56. The smallest absolute Gasteiger partial charge is 0.0474 e. The molecule has 4 fully saturated rings. The maximum Gasteiger partial charge on any atom is 0.0474 e. The summed E-state index contributed by atoms with van der Waals surface area (Å²) < 4.78 is 0. The van der Waals surface area contributed by atoms with Gasteiger partial charge in [0.2, 0.25) is 0 Å². The summed E-state index contributed by atoms with van der Waals surface area (Å²) >= 11 is 0. The van der Waals surface area contributed by atoms with Crippen molar-refractivity contribution in [2.24, 2.45) is 29.6 Å². The highest BCUT2D eigenvalue weighted by Gasteiger charge is 2.54. The van der Waals surface area contributed by atoms with E-state index < -0.39 is 0 Å². The molecule has 2 bridgehead atoms. The first-order chi connectivity index (χ1) is 8.86. The maximum absolute atomic E-state index is 9.45. The second kappa shape index (κ2) is 4.49. The van der Waals surface area contributed by atoms with Crippen molar-refractivity contribution in [3.05, 3.63) is 0 Å². The Morgan fingerprint density at radius 1 is 0.833 bits per heavy atom. The van der Waals surface area contributed by atoms with Crippen LogP contribution in [-0.4, -0.2) is 23.8 Å². The van der Waals surface area contributed by atoms with Gasteiger partial charge in [-0.3, -0.25) is 0 Å². The van der Waals surface area contributed by atoms with E-state index >= 15 is 0 Å². The van der Waals surface area contributed by atoms with Gasteiger partial charge in [0.25, 0.3) is 0 Å². The van der Waals surface area contributed by atoms with Crippen LogP contribution in [0.3, 0.4) is 0 Å². The van der Waals surface area contributed by atoms with Crippen LogP contribution in [0.25, 0.3) is 0 Å². The van der Waals surface area contributed by atoms with E-state index in [0.717, 1.165) is 29.7 Å². The Balaban J connectivity index is 1.42. The number of fused-ring (bicyclic) bond motifs is 5. The molecule has 4 aliphatic rings. The van der Waals surface area contributed by atoms with Gasteiger partial charge in [0.1, 0.15) is 0 Å². The zero-order valence-corrected chi connectivity index (χ0v) is 11.4. The summed E-state index contributed by atoms with van der Waals surface area (Å²) in [6, 6.07) is 1.42. The molecule has 0 aromatic carbocycles. The molecule has 0 heterocycles. The molecule has 2 nitrogen and oxygen atoms in total. The van der Waals surface area contributed by atoms with E-state index in [0.29, 0.717) is 18.6 Å². The Labute approximate surface area is 111 Å².